The third-order valence-corrected chi connectivity index (χ3v) is 8.01. The number of fused-ring (bicyclic) bond motifs is 1. The highest BCUT2D eigenvalue weighted by Gasteiger charge is 2.50. The van der Waals surface area contributed by atoms with E-state index in [9.17, 15) is 9.59 Å². The number of nitrogens with one attached hydrogen (secondary N) is 3. The van der Waals surface area contributed by atoms with E-state index >= 15 is 0 Å². The van der Waals surface area contributed by atoms with Crippen LogP contribution in [0, 0.1) is 11.3 Å². The second-order valence-electron chi connectivity index (χ2n) is 10.1. The fourth-order valence-electron chi connectivity index (χ4n) is 5.38. The van der Waals surface area contributed by atoms with Gasteiger partial charge in [0.15, 0.2) is 5.78 Å². The standard InChI is InChI=1S/C27H31N3O3S/c1-27(2)13-19-22(20(31)14-27)21(17-9-11-18(33-3)12-10-17)23-24(28-19)29-26(30-25(23)32)34-15-16-7-5-4-6-8-16/h4-12,21,23-24,26,28-29H,13-15H2,1-3H3,(H,30,32). The Morgan fingerprint density at radius 1 is 1.00 bits per heavy atom. The molecule has 1 amide bonds. The molecule has 34 heavy (non-hydrogen) atoms. The molecule has 2 aromatic rings. The normalized spacial score (nSPS) is 27.9. The van der Waals surface area contributed by atoms with Gasteiger partial charge in [-0.2, -0.15) is 0 Å². The largest absolute Gasteiger partial charge is 0.497 e. The Morgan fingerprint density at radius 2 is 1.74 bits per heavy atom. The predicted molar refractivity (Wildman–Crippen MR) is 134 cm³/mol. The monoisotopic (exact) mass is 477 g/mol. The summed E-state index contributed by atoms with van der Waals surface area (Å²) in [6, 6.07) is 18.0. The molecule has 2 aromatic carbocycles. The van der Waals surface area contributed by atoms with Crippen molar-refractivity contribution in [1.29, 1.82) is 0 Å². The quantitative estimate of drug-likeness (QED) is 0.606. The molecule has 6 nitrogen and oxygen atoms in total. The van der Waals surface area contributed by atoms with Crippen LogP contribution in [-0.2, 0) is 15.3 Å². The topological polar surface area (TPSA) is 79.5 Å². The van der Waals surface area contributed by atoms with Gasteiger partial charge in [0.2, 0.25) is 5.91 Å². The first-order valence-corrected chi connectivity index (χ1v) is 12.8. The van der Waals surface area contributed by atoms with Gasteiger partial charge < -0.3 is 15.4 Å². The van der Waals surface area contributed by atoms with E-state index in [2.05, 4.69) is 41.9 Å². The lowest BCUT2D eigenvalue weighted by Gasteiger charge is -2.48. The van der Waals surface area contributed by atoms with E-state index in [0.29, 0.717) is 6.42 Å². The SMILES string of the molecule is COc1ccc(C2C3=C(CC(C)(C)CC3=O)NC3NC(SCc4ccccc4)NC(=O)C32)cc1. The number of ether oxygens (including phenoxy) is 1. The lowest BCUT2D eigenvalue weighted by Crippen LogP contribution is -2.68. The summed E-state index contributed by atoms with van der Waals surface area (Å²) in [6.07, 6.45) is 1.02. The Labute approximate surface area is 204 Å². The molecule has 1 aliphatic carbocycles. The van der Waals surface area contributed by atoms with Crippen LogP contribution in [0.3, 0.4) is 0 Å². The maximum absolute atomic E-state index is 13.5. The number of methoxy groups -OCH3 is 1. The fraction of sp³-hybridized carbons (Fsp3) is 0.407. The summed E-state index contributed by atoms with van der Waals surface area (Å²) in [7, 11) is 1.63. The van der Waals surface area contributed by atoms with Crippen LogP contribution in [0.4, 0.5) is 0 Å². The lowest BCUT2D eigenvalue weighted by molar-refractivity contribution is -0.130. The molecule has 5 rings (SSSR count). The summed E-state index contributed by atoms with van der Waals surface area (Å²) >= 11 is 1.66. The number of hydrogen-bond donors (Lipinski definition) is 3. The summed E-state index contributed by atoms with van der Waals surface area (Å²) in [4.78, 5) is 26.9. The van der Waals surface area contributed by atoms with Crippen molar-refractivity contribution in [2.45, 2.75) is 50.0 Å². The van der Waals surface area contributed by atoms with Crippen molar-refractivity contribution in [1.82, 2.24) is 16.0 Å². The highest BCUT2D eigenvalue weighted by Crippen LogP contribution is 2.47. The van der Waals surface area contributed by atoms with Crippen molar-refractivity contribution < 1.29 is 14.3 Å². The first-order valence-electron chi connectivity index (χ1n) is 11.7. The molecule has 4 unspecified atom stereocenters. The smallest absolute Gasteiger partial charge is 0.229 e. The van der Waals surface area contributed by atoms with Gasteiger partial charge in [0.1, 0.15) is 11.2 Å². The Kier molecular flexibility index (Phi) is 6.16. The fourth-order valence-corrected chi connectivity index (χ4v) is 6.37. The minimum atomic E-state index is -0.425. The van der Waals surface area contributed by atoms with E-state index in [-0.39, 0.29) is 34.7 Å². The van der Waals surface area contributed by atoms with Gasteiger partial charge in [-0.3, -0.25) is 14.9 Å². The van der Waals surface area contributed by atoms with Crippen LogP contribution >= 0.6 is 11.8 Å². The molecule has 0 bridgehead atoms. The highest BCUT2D eigenvalue weighted by atomic mass is 32.2. The van der Waals surface area contributed by atoms with Crippen LogP contribution in [0.5, 0.6) is 5.75 Å². The molecule has 3 N–H and O–H groups in total. The average Bonchev–Trinajstić information content (AvgIpc) is 2.81. The summed E-state index contributed by atoms with van der Waals surface area (Å²) < 4.78 is 5.33. The molecule has 0 spiro atoms. The number of thioether (sulfide) groups is 1. The second kappa shape index (κ2) is 9.12. The summed E-state index contributed by atoms with van der Waals surface area (Å²) in [5, 5.41) is 10.3. The lowest BCUT2D eigenvalue weighted by atomic mass is 9.66. The van der Waals surface area contributed by atoms with Crippen molar-refractivity contribution in [3.05, 3.63) is 77.0 Å². The number of hydrogen-bond acceptors (Lipinski definition) is 6. The van der Waals surface area contributed by atoms with Crippen molar-refractivity contribution >= 4 is 23.5 Å². The Morgan fingerprint density at radius 3 is 2.44 bits per heavy atom. The van der Waals surface area contributed by atoms with Gasteiger partial charge in [-0.1, -0.05) is 56.3 Å². The van der Waals surface area contributed by atoms with Crippen molar-refractivity contribution in [3.8, 4) is 5.75 Å². The number of Topliss-reactive ketones (excluding diaryl/α,β-unsaturated/α-hetero) is 1. The number of allylic oxidation sites excluding steroid dienone is 2. The number of benzene rings is 2. The molecule has 1 fully saturated rings. The second-order valence-corrected chi connectivity index (χ2v) is 11.2. The molecule has 0 radical (unpaired) electrons. The van der Waals surface area contributed by atoms with Crippen LogP contribution < -0.4 is 20.7 Å². The highest BCUT2D eigenvalue weighted by molar-refractivity contribution is 7.99. The zero-order chi connectivity index (χ0) is 23.9. The van der Waals surface area contributed by atoms with Crippen molar-refractivity contribution in [2.75, 3.05) is 7.11 Å². The summed E-state index contributed by atoms with van der Waals surface area (Å²) in [5.74, 6) is 0.910. The van der Waals surface area contributed by atoms with Gasteiger partial charge in [0.25, 0.3) is 0 Å². The molecule has 7 heteroatoms. The van der Waals surface area contributed by atoms with E-state index < -0.39 is 5.92 Å². The van der Waals surface area contributed by atoms with Crippen LogP contribution in [0.25, 0.3) is 0 Å². The zero-order valence-electron chi connectivity index (χ0n) is 19.8. The van der Waals surface area contributed by atoms with Crippen molar-refractivity contribution in [2.24, 2.45) is 11.3 Å². The zero-order valence-corrected chi connectivity index (χ0v) is 20.6. The first kappa shape index (κ1) is 23.0. The summed E-state index contributed by atoms with van der Waals surface area (Å²) in [6.45, 7) is 4.26. The van der Waals surface area contributed by atoms with Crippen LogP contribution in [0.15, 0.2) is 65.9 Å². The Balaban J connectivity index is 1.46. The molecule has 2 heterocycles. The summed E-state index contributed by atoms with van der Waals surface area (Å²) in [5.41, 5.74) is 3.58. The van der Waals surface area contributed by atoms with Gasteiger partial charge in [0, 0.05) is 29.4 Å². The average molecular weight is 478 g/mol. The predicted octanol–water partition coefficient (Wildman–Crippen LogP) is 3.90. The van der Waals surface area contributed by atoms with Gasteiger partial charge >= 0.3 is 0 Å². The number of carbonyl (C=O) groups is 2. The number of carbonyl (C=O) groups excluding carboxylic acids is 2. The molecular weight excluding hydrogens is 446 g/mol. The van der Waals surface area contributed by atoms with Crippen LogP contribution in [0.1, 0.15) is 43.7 Å². The van der Waals surface area contributed by atoms with E-state index in [4.69, 9.17) is 4.74 Å². The third-order valence-electron chi connectivity index (χ3n) is 6.92. The molecule has 0 aromatic heterocycles. The maximum Gasteiger partial charge on any atom is 0.229 e. The van der Waals surface area contributed by atoms with Gasteiger partial charge in [-0.15, -0.1) is 11.8 Å². The van der Waals surface area contributed by atoms with Crippen molar-refractivity contribution in [3.63, 3.8) is 0 Å². The third kappa shape index (κ3) is 4.46. The van der Waals surface area contributed by atoms with E-state index in [0.717, 1.165) is 34.8 Å². The van der Waals surface area contributed by atoms with E-state index in [1.165, 1.54) is 5.56 Å². The van der Waals surface area contributed by atoms with Gasteiger partial charge in [-0.25, -0.2) is 0 Å². The number of ketones is 1. The molecule has 178 valence electrons. The molecule has 4 atom stereocenters. The minimum Gasteiger partial charge on any atom is -0.497 e. The Hall–Kier alpha value is -2.77. The molecule has 0 saturated carbocycles. The minimum absolute atomic E-state index is 0.0354. The molecular formula is C27H31N3O3S. The number of amides is 1. The Bertz CT molecular complexity index is 1110. The van der Waals surface area contributed by atoms with E-state index in [1.807, 2.05) is 42.5 Å². The first-order chi connectivity index (χ1) is 16.3. The number of rotatable bonds is 5. The maximum atomic E-state index is 13.5. The molecule has 3 aliphatic rings. The van der Waals surface area contributed by atoms with Gasteiger partial charge in [-0.05, 0) is 35.1 Å². The van der Waals surface area contributed by atoms with E-state index in [1.54, 1.807) is 18.9 Å². The van der Waals surface area contributed by atoms with Crippen LogP contribution in [-0.4, -0.2) is 30.5 Å². The molecule has 2 aliphatic heterocycles. The van der Waals surface area contributed by atoms with Crippen LogP contribution in [0.2, 0.25) is 0 Å². The molecule has 1 saturated heterocycles. The van der Waals surface area contributed by atoms with Gasteiger partial charge in [0.05, 0.1) is 19.2 Å².